The van der Waals surface area contributed by atoms with Crippen molar-refractivity contribution in [1.29, 1.82) is 0 Å². The summed E-state index contributed by atoms with van der Waals surface area (Å²) in [5.41, 5.74) is 1.38. The normalized spacial score (nSPS) is 18.2. The first-order valence-electron chi connectivity index (χ1n) is 7.51. The molecule has 1 aliphatic heterocycles. The Hall–Kier alpha value is -2.30. The fourth-order valence-electron chi connectivity index (χ4n) is 2.88. The van der Waals surface area contributed by atoms with Crippen molar-refractivity contribution in [3.63, 3.8) is 0 Å². The van der Waals surface area contributed by atoms with Crippen molar-refractivity contribution in [1.82, 2.24) is 14.9 Å². The standard InChI is InChI=1S/C17H18FN3O/c18-15-6-2-1-4-13(15)10-17(22)21-9-3-5-14(12-21)16-11-19-7-8-20-16/h1-2,4,6-8,11,14H,3,5,9-10,12H2/t14-/m1/s1. The average Bonchev–Trinajstić information content (AvgIpc) is 2.58. The van der Waals surface area contributed by atoms with Crippen molar-refractivity contribution < 1.29 is 9.18 Å². The van der Waals surface area contributed by atoms with Crippen molar-refractivity contribution in [3.8, 4) is 0 Å². The molecule has 1 aromatic carbocycles. The van der Waals surface area contributed by atoms with E-state index in [0.29, 0.717) is 12.1 Å². The lowest BCUT2D eigenvalue weighted by molar-refractivity contribution is -0.131. The number of rotatable bonds is 3. The Morgan fingerprint density at radius 3 is 2.95 bits per heavy atom. The number of hydrogen-bond acceptors (Lipinski definition) is 3. The Balaban J connectivity index is 1.67. The summed E-state index contributed by atoms with van der Waals surface area (Å²) in [4.78, 5) is 22.7. The summed E-state index contributed by atoms with van der Waals surface area (Å²) in [5, 5.41) is 0. The molecule has 2 aromatic rings. The van der Waals surface area contributed by atoms with Gasteiger partial charge in [-0.25, -0.2) is 4.39 Å². The molecule has 0 saturated carbocycles. The quantitative estimate of drug-likeness (QED) is 0.875. The molecule has 1 atom stereocenters. The van der Waals surface area contributed by atoms with Gasteiger partial charge in [0, 0.05) is 37.6 Å². The highest BCUT2D eigenvalue weighted by atomic mass is 19.1. The third-order valence-corrected chi connectivity index (χ3v) is 4.08. The third-order valence-electron chi connectivity index (χ3n) is 4.08. The molecule has 0 N–H and O–H groups in total. The number of benzene rings is 1. The highest BCUT2D eigenvalue weighted by Crippen LogP contribution is 2.25. The molecule has 0 radical (unpaired) electrons. The van der Waals surface area contributed by atoms with Gasteiger partial charge < -0.3 is 4.90 Å². The maximum Gasteiger partial charge on any atom is 0.227 e. The number of halogens is 1. The van der Waals surface area contributed by atoms with Crippen molar-refractivity contribution >= 4 is 5.91 Å². The molecular formula is C17H18FN3O. The Kier molecular flexibility index (Phi) is 4.42. The zero-order chi connectivity index (χ0) is 15.4. The van der Waals surface area contributed by atoms with E-state index < -0.39 is 0 Å². The van der Waals surface area contributed by atoms with E-state index in [0.717, 1.165) is 25.1 Å². The van der Waals surface area contributed by atoms with E-state index in [4.69, 9.17) is 0 Å². The summed E-state index contributed by atoms with van der Waals surface area (Å²) in [7, 11) is 0. The molecule has 2 heterocycles. The van der Waals surface area contributed by atoms with Crippen molar-refractivity contribution in [3.05, 3.63) is 59.9 Å². The Morgan fingerprint density at radius 1 is 1.32 bits per heavy atom. The van der Waals surface area contributed by atoms with Gasteiger partial charge in [-0.3, -0.25) is 14.8 Å². The van der Waals surface area contributed by atoms with E-state index in [2.05, 4.69) is 9.97 Å². The average molecular weight is 299 g/mol. The molecule has 114 valence electrons. The second-order valence-corrected chi connectivity index (χ2v) is 5.58. The van der Waals surface area contributed by atoms with Crippen LogP contribution < -0.4 is 0 Å². The molecule has 0 spiro atoms. The number of likely N-dealkylation sites (tertiary alicyclic amines) is 1. The van der Waals surface area contributed by atoms with Crippen LogP contribution in [0.15, 0.2) is 42.9 Å². The van der Waals surface area contributed by atoms with Gasteiger partial charge in [0.1, 0.15) is 5.82 Å². The van der Waals surface area contributed by atoms with E-state index in [-0.39, 0.29) is 24.1 Å². The van der Waals surface area contributed by atoms with Gasteiger partial charge in [-0.15, -0.1) is 0 Å². The molecule has 4 nitrogen and oxygen atoms in total. The van der Waals surface area contributed by atoms with Crippen LogP contribution in [-0.4, -0.2) is 33.9 Å². The largest absolute Gasteiger partial charge is 0.342 e. The van der Waals surface area contributed by atoms with Gasteiger partial charge in [0.2, 0.25) is 5.91 Å². The highest BCUT2D eigenvalue weighted by Gasteiger charge is 2.26. The van der Waals surface area contributed by atoms with Gasteiger partial charge in [0.15, 0.2) is 0 Å². The molecule has 22 heavy (non-hydrogen) atoms. The lowest BCUT2D eigenvalue weighted by atomic mass is 9.94. The first-order valence-corrected chi connectivity index (χ1v) is 7.51. The highest BCUT2D eigenvalue weighted by molar-refractivity contribution is 5.79. The Bertz CT molecular complexity index is 647. The number of aromatic nitrogens is 2. The molecule has 0 aliphatic carbocycles. The minimum absolute atomic E-state index is 0.0290. The van der Waals surface area contributed by atoms with Crippen LogP contribution in [0.2, 0.25) is 0 Å². The molecule has 5 heteroatoms. The van der Waals surface area contributed by atoms with Gasteiger partial charge >= 0.3 is 0 Å². The summed E-state index contributed by atoms with van der Waals surface area (Å²) >= 11 is 0. The summed E-state index contributed by atoms with van der Waals surface area (Å²) < 4.78 is 13.7. The summed E-state index contributed by atoms with van der Waals surface area (Å²) in [5.74, 6) is -0.135. The van der Waals surface area contributed by atoms with Gasteiger partial charge in [-0.05, 0) is 24.5 Å². The molecule has 1 aromatic heterocycles. The van der Waals surface area contributed by atoms with E-state index in [1.54, 1.807) is 36.8 Å². The van der Waals surface area contributed by atoms with Crippen LogP contribution in [0.3, 0.4) is 0 Å². The number of carbonyl (C=O) groups is 1. The predicted molar refractivity (Wildman–Crippen MR) is 80.7 cm³/mol. The maximum absolute atomic E-state index is 13.7. The van der Waals surface area contributed by atoms with Gasteiger partial charge in [0.05, 0.1) is 12.1 Å². The number of nitrogens with zero attached hydrogens (tertiary/aromatic N) is 3. The molecule has 1 aliphatic rings. The van der Waals surface area contributed by atoms with Crippen LogP contribution in [0.25, 0.3) is 0 Å². The zero-order valence-corrected chi connectivity index (χ0v) is 12.3. The number of hydrogen-bond donors (Lipinski definition) is 0. The van der Waals surface area contributed by atoms with Crippen molar-refractivity contribution in [2.24, 2.45) is 0 Å². The third kappa shape index (κ3) is 3.30. The fraction of sp³-hybridized carbons (Fsp3) is 0.353. The van der Waals surface area contributed by atoms with Crippen LogP contribution in [0, 0.1) is 5.82 Å². The fourth-order valence-corrected chi connectivity index (χ4v) is 2.88. The van der Waals surface area contributed by atoms with Crippen LogP contribution in [0.5, 0.6) is 0 Å². The minimum Gasteiger partial charge on any atom is -0.342 e. The number of amides is 1. The van der Waals surface area contributed by atoms with E-state index in [1.807, 2.05) is 4.90 Å². The van der Waals surface area contributed by atoms with Gasteiger partial charge in [0.25, 0.3) is 0 Å². The van der Waals surface area contributed by atoms with E-state index >= 15 is 0 Å². The first-order chi connectivity index (χ1) is 10.7. The predicted octanol–water partition coefficient (Wildman–Crippen LogP) is 2.56. The molecule has 1 saturated heterocycles. The zero-order valence-electron chi connectivity index (χ0n) is 12.3. The van der Waals surface area contributed by atoms with Gasteiger partial charge in [-0.1, -0.05) is 18.2 Å². The molecule has 1 fully saturated rings. The number of piperidine rings is 1. The Morgan fingerprint density at radius 2 is 2.18 bits per heavy atom. The molecule has 1 amide bonds. The van der Waals surface area contributed by atoms with E-state index in [1.165, 1.54) is 6.07 Å². The molecule has 3 rings (SSSR count). The maximum atomic E-state index is 13.7. The summed E-state index contributed by atoms with van der Waals surface area (Å²) in [6, 6.07) is 6.44. The molecule has 0 unspecified atom stereocenters. The first kappa shape index (κ1) is 14.6. The lowest BCUT2D eigenvalue weighted by Crippen LogP contribution is -2.40. The lowest BCUT2D eigenvalue weighted by Gasteiger charge is -2.32. The topological polar surface area (TPSA) is 46.1 Å². The second kappa shape index (κ2) is 6.64. The minimum atomic E-state index is -0.321. The monoisotopic (exact) mass is 299 g/mol. The Labute approximate surface area is 129 Å². The van der Waals surface area contributed by atoms with Crippen molar-refractivity contribution in [2.45, 2.75) is 25.2 Å². The van der Waals surface area contributed by atoms with Crippen LogP contribution in [0.1, 0.15) is 30.0 Å². The molecular weight excluding hydrogens is 281 g/mol. The van der Waals surface area contributed by atoms with Crippen LogP contribution >= 0.6 is 0 Å². The van der Waals surface area contributed by atoms with Crippen LogP contribution in [-0.2, 0) is 11.2 Å². The SMILES string of the molecule is O=C(Cc1ccccc1F)N1CCC[C@@H](c2cnccn2)C1. The van der Waals surface area contributed by atoms with Crippen molar-refractivity contribution in [2.75, 3.05) is 13.1 Å². The van der Waals surface area contributed by atoms with Crippen LogP contribution in [0.4, 0.5) is 4.39 Å². The molecule has 0 bridgehead atoms. The number of carbonyl (C=O) groups excluding carboxylic acids is 1. The smallest absolute Gasteiger partial charge is 0.227 e. The second-order valence-electron chi connectivity index (χ2n) is 5.58. The van der Waals surface area contributed by atoms with E-state index in [9.17, 15) is 9.18 Å². The summed E-state index contributed by atoms with van der Waals surface area (Å²) in [6.45, 7) is 1.36. The van der Waals surface area contributed by atoms with Gasteiger partial charge in [-0.2, -0.15) is 0 Å². The summed E-state index contributed by atoms with van der Waals surface area (Å²) in [6.07, 6.45) is 7.13.